The van der Waals surface area contributed by atoms with Gasteiger partial charge in [-0.25, -0.2) is 0 Å². The summed E-state index contributed by atoms with van der Waals surface area (Å²) in [6.07, 6.45) is 7.83. The van der Waals surface area contributed by atoms with Crippen molar-refractivity contribution in [1.82, 2.24) is 10.6 Å². The van der Waals surface area contributed by atoms with Crippen molar-refractivity contribution in [2.45, 2.75) is 51.6 Å². The Morgan fingerprint density at radius 1 is 1.38 bits per heavy atom. The summed E-state index contributed by atoms with van der Waals surface area (Å²) in [7, 11) is 0. The molecule has 3 atom stereocenters. The molecule has 21 heavy (non-hydrogen) atoms. The Hall–Kier alpha value is -1.82. The van der Waals surface area contributed by atoms with Crippen LogP contribution in [0.15, 0.2) is 24.1 Å². The largest absolute Gasteiger partial charge is 0.511 e. The van der Waals surface area contributed by atoms with Crippen LogP contribution in [0.2, 0.25) is 0 Å². The van der Waals surface area contributed by atoms with Crippen LogP contribution < -0.4 is 10.6 Å². The second kappa shape index (κ2) is 8.46. The minimum absolute atomic E-state index is 0.107. The van der Waals surface area contributed by atoms with Gasteiger partial charge in [-0.1, -0.05) is 12.2 Å². The smallest absolute Gasteiger partial charge is 0.320 e. The van der Waals surface area contributed by atoms with E-state index in [1.54, 1.807) is 0 Å². The normalized spacial score (nSPS) is 26.2. The summed E-state index contributed by atoms with van der Waals surface area (Å²) in [4.78, 5) is 21.8. The van der Waals surface area contributed by atoms with Gasteiger partial charge >= 0.3 is 5.97 Å². The van der Waals surface area contributed by atoms with Gasteiger partial charge in [-0.05, 0) is 32.1 Å². The zero-order valence-electron chi connectivity index (χ0n) is 12.5. The van der Waals surface area contributed by atoms with Crippen molar-refractivity contribution in [3.05, 3.63) is 24.1 Å². The van der Waals surface area contributed by atoms with Crippen molar-refractivity contribution < 1.29 is 19.8 Å². The fourth-order valence-electron chi connectivity index (χ4n) is 2.58. The Balaban J connectivity index is 2.43. The zero-order chi connectivity index (χ0) is 15.8. The average Bonchev–Trinajstić information content (AvgIpc) is 2.80. The molecule has 1 saturated heterocycles. The molecule has 1 heterocycles. The van der Waals surface area contributed by atoms with E-state index < -0.39 is 12.0 Å². The van der Waals surface area contributed by atoms with Crippen molar-refractivity contribution in [1.29, 1.82) is 0 Å². The van der Waals surface area contributed by atoms with Crippen LogP contribution in [-0.4, -0.2) is 34.2 Å². The van der Waals surface area contributed by atoms with Crippen molar-refractivity contribution in [3.63, 3.8) is 0 Å². The summed E-state index contributed by atoms with van der Waals surface area (Å²) in [6.45, 7) is 3.30. The number of carboxylic acids is 1. The number of allylic oxidation sites excluding steroid dienone is 2. The van der Waals surface area contributed by atoms with E-state index in [1.165, 1.54) is 13.1 Å². The highest BCUT2D eigenvalue weighted by atomic mass is 16.4. The van der Waals surface area contributed by atoms with Crippen molar-refractivity contribution >= 4 is 11.9 Å². The number of hydrogen-bond donors (Lipinski definition) is 4. The van der Waals surface area contributed by atoms with Gasteiger partial charge in [0.25, 0.3) is 0 Å². The van der Waals surface area contributed by atoms with Crippen LogP contribution in [-0.2, 0) is 9.59 Å². The third-order valence-corrected chi connectivity index (χ3v) is 3.57. The summed E-state index contributed by atoms with van der Waals surface area (Å²) >= 11 is 0. The van der Waals surface area contributed by atoms with Gasteiger partial charge in [0.05, 0.1) is 0 Å². The molecule has 1 amide bonds. The fraction of sp³-hybridized carbons (Fsp3) is 0.600. The van der Waals surface area contributed by atoms with E-state index in [-0.39, 0.29) is 23.6 Å². The molecular weight excluding hydrogens is 272 g/mol. The first kappa shape index (κ1) is 17.2. The summed E-state index contributed by atoms with van der Waals surface area (Å²) in [6, 6.07) is -0.393. The minimum Gasteiger partial charge on any atom is -0.511 e. The number of aliphatic hydroxyl groups is 1. The first-order valence-corrected chi connectivity index (χ1v) is 7.20. The van der Waals surface area contributed by atoms with Crippen molar-refractivity contribution in [2.75, 3.05) is 0 Å². The van der Waals surface area contributed by atoms with E-state index in [4.69, 9.17) is 5.11 Å². The molecule has 1 aliphatic heterocycles. The number of hydrogen-bond acceptors (Lipinski definition) is 4. The first-order valence-electron chi connectivity index (χ1n) is 7.20. The van der Waals surface area contributed by atoms with E-state index in [0.29, 0.717) is 12.8 Å². The Kier molecular flexibility index (Phi) is 6.94. The van der Waals surface area contributed by atoms with Crippen LogP contribution in [0.5, 0.6) is 0 Å². The molecule has 0 saturated carbocycles. The number of nitrogens with one attached hydrogen (secondary N) is 2. The second-order valence-corrected chi connectivity index (χ2v) is 5.32. The van der Waals surface area contributed by atoms with Crippen LogP contribution in [0.25, 0.3) is 0 Å². The molecule has 4 N–H and O–H groups in total. The van der Waals surface area contributed by atoms with Gasteiger partial charge in [0.2, 0.25) is 5.91 Å². The van der Waals surface area contributed by atoms with Crippen LogP contribution in [0.1, 0.15) is 39.5 Å². The lowest BCUT2D eigenvalue weighted by molar-refractivity contribution is -0.139. The zero-order valence-corrected chi connectivity index (χ0v) is 12.5. The molecule has 0 aliphatic carbocycles. The quantitative estimate of drug-likeness (QED) is 0.423. The van der Waals surface area contributed by atoms with Gasteiger partial charge in [0, 0.05) is 25.6 Å². The molecule has 0 bridgehead atoms. The molecule has 0 spiro atoms. The Morgan fingerprint density at radius 3 is 2.67 bits per heavy atom. The maximum atomic E-state index is 11.1. The molecule has 1 fully saturated rings. The number of aliphatic hydroxyl groups excluding tert-OH is 1. The van der Waals surface area contributed by atoms with Crippen LogP contribution in [0.4, 0.5) is 0 Å². The van der Waals surface area contributed by atoms with Crippen molar-refractivity contribution in [3.8, 4) is 0 Å². The van der Waals surface area contributed by atoms with Gasteiger partial charge < -0.3 is 20.8 Å². The molecular formula is C15H24N2O4. The second-order valence-electron chi connectivity index (χ2n) is 5.32. The van der Waals surface area contributed by atoms with Crippen LogP contribution >= 0.6 is 0 Å². The summed E-state index contributed by atoms with van der Waals surface area (Å²) in [5, 5.41) is 24.2. The lowest BCUT2D eigenvalue weighted by Gasteiger charge is -2.16. The Labute approximate surface area is 124 Å². The minimum atomic E-state index is -0.819. The molecule has 6 nitrogen and oxygen atoms in total. The van der Waals surface area contributed by atoms with E-state index >= 15 is 0 Å². The lowest BCUT2D eigenvalue weighted by atomic mass is 9.94. The molecule has 6 heteroatoms. The maximum Gasteiger partial charge on any atom is 0.320 e. The number of amides is 1. The summed E-state index contributed by atoms with van der Waals surface area (Å²) in [5.74, 6) is -0.713. The van der Waals surface area contributed by atoms with Gasteiger partial charge in [-0.15, -0.1) is 0 Å². The highest BCUT2D eigenvalue weighted by Crippen LogP contribution is 2.26. The van der Waals surface area contributed by atoms with Crippen molar-refractivity contribution in [2.24, 2.45) is 5.92 Å². The lowest BCUT2D eigenvalue weighted by Crippen LogP contribution is -2.36. The highest BCUT2D eigenvalue weighted by molar-refractivity contribution is 5.74. The predicted octanol–water partition coefficient (Wildman–Crippen LogP) is 1.70. The predicted molar refractivity (Wildman–Crippen MR) is 79.6 cm³/mol. The molecule has 0 aromatic heterocycles. The Morgan fingerprint density at radius 2 is 2.10 bits per heavy atom. The monoisotopic (exact) mass is 296 g/mol. The van der Waals surface area contributed by atoms with Crippen LogP contribution in [0, 0.1) is 5.92 Å². The van der Waals surface area contributed by atoms with E-state index in [9.17, 15) is 14.7 Å². The molecule has 118 valence electrons. The molecule has 0 radical (unpaired) electrons. The molecule has 0 unspecified atom stereocenters. The third-order valence-electron chi connectivity index (χ3n) is 3.57. The molecule has 1 rings (SSSR count). The molecule has 1 aliphatic rings. The number of carboxylic acid groups (broad SMARTS) is 1. The highest BCUT2D eigenvalue weighted by Gasteiger charge is 2.35. The number of rotatable bonds is 7. The molecule has 0 aromatic carbocycles. The first-order chi connectivity index (χ1) is 9.93. The van der Waals surface area contributed by atoms with E-state index in [1.807, 2.05) is 19.1 Å². The maximum absolute atomic E-state index is 11.1. The topological polar surface area (TPSA) is 98.7 Å². The Bertz CT molecular complexity index is 431. The van der Waals surface area contributed by atoms with E-state index in [2.05, 4.69) is 10.6 Å². The fourth-order valence-corrected chi connectivity index (χ4v) is 2.58. The van der Waals surface area contributed by atoms with Gasteiger partial charge in [0.1, 0.15) is 11.8 Å². The van der Waals surface area contributed by atoms with E-state index in [0.717, 1.165) is 12.8 Å². The van der Waals surface area contributed by atoms with Gasteiger partial charge in [0.15, 0.2) is 0 Å². The third kappa shape index (κ3) is 5.99. The van der Waals surface area contributed by atoms with Crippen LogP contribution in [0.3, 0.4) is 0 Å². The average molecular weight is 296 g/mol. The number of aliphatic carboxylic acids is 1. The summed E-state index contributed by atoms with van der Waals surface area (Å²) < 4.78 is 0. The SMILES string of the molecule is C/C=C\[C@@H]1C[C@H](C(=O)O)N[C@@H]1CCC/C(O)=C/NC(C)=O. The summed E-state index contributed by atoms with van der Waals surface area (Å²) in [5.41, 5.74) is 0. The number of carbonyl (C=O) groups is 2. The standard InChI is InChI=1S/C15H24N2O4/c1-3-5-11-8-14(15(20)21)17-13(11)7-4-6-12(19)9-16-10(2)18/h3,5,9,11,13-14,17,19H,4,6-8H2,1-2H3,(H,16,18)(H,20,21)/b5-3-,12-9-/t11-,13-,14-/m1/s1. The molecule has 0 aromatic rings. The van der Waals surface area contributed by atoms with Gasteiger partial charge in [-0.3, -0.25) is 9.59 Å². The number of carbonyl (C=O) groups excluding carboxylic acids is 1. The van der Waals surface area contributed by atoms with Gasteiger partial charge in [-0.2, -0.15) is 0 Å².